The summed E-state index contributed by atoms with van der Waals surface area (Å²) in [6.45, 7) is 1.84. The quantitative estimate of drug-likeness (QED) is 0.814. The van der Waals surface area contributed by atoms with Gasteiger partial charge in [-0.05, 0) is 31.2 Å². The number of benzene rings is 1. The van der Waals surface area contributed by atoms with Gasteiger partial charge in [-0.15, -0.1) is 6.42 Å². The Kier molecular flexibility index (Phi) is 3.16. The summed E-state index contributed by atoms with van der Waals surface area (Å²) in [6, 6.07) is 8.90. The summed E-state index contributed by atoms with van der Waals surface area (Å²) < 4.78 is 1.55. The molecular formula is C14H13N3O. The predicted molar refractivity (Wildman–Crippen MR) is 70.3 cm³/mol. The van der Waals surface area contributed by atoms with Gasteiger partial charge in [0.05, 0.1) is 5.69 Å². The molecule has 1 amide bonds. The normalized spacial score (nSPS) is 9.83. The van der Waals surface area contributed by atoms with E-state index in [1.807, 2.05) is 13.0 Å². The van der Waals surface area contributed by atoms with Crippen molar-refractivity contribution < 1.29 is 4.79 Å². The van der Waals surface area contributed by atoms with Crippen LogP contribution in [-0.2, 0) is 7.05 Å². The van der Waals surface area contributed by atoms with Crippen LogP contribution in [0.1, 0.15) is 21.7 Å². The molecule has 0 spiro atoms. The van der Waals surface area contributed by atoms with E-state index >= 15 is 0 Å². The molecule has 0 atom stereocenters. The number of nitrogens with one attached hydrogen (secondary N) is 1. The third-order valence-electron chi connectivity index (χ3n) is 2.52. The Bertz CT molecular complexity index is 635. The second-order valence-corrected chi connectivity index (χ2v) is 3.97. The van der Waals surface area contributed by atoms with Gasteiger partial charge in [0.2, 0.25) is 0 Å². The largest absolute Gasteiger partial charge is 0.321 e. The number of carbonyl (C=O) groups is 1. The SMILES string of the molecule is C#Cc1cccc(NC(=O)c2cc(C)nn2C)c1. The van der Waals surface area contributed by atoms with Crippen molar-refractivity contribution in [2.24, 2.45) is 7.05 Å². The number of nitrogens with zero attached hydrogens (tertiary/aromatic N) is 2. The van der Waals surface area contributed by atoms with Crippen LogP contribution in [0.3, 0.4) is 0 Å². The number of aromatic nitrogens is 2. The molecule has 2 aromatic rings. The number of rotatable bonds is 2. The zero-order chi connectivity index (χ0) is 13.1. The molecule has 0 saturated carbocycles. The van der Waals surface area contributed by atoms with E-state index in [1.165, 1.54) is 0 Å². The van der Waals surface area contributed by atoms with Crippen molar-refractivity contribution in [1.29, 1.82) is 0 Å². The molecule has 0 fully saturated rings. The molecule has 0 saturated heterocycles. The third kappa shape index (κ3) is 2.41. The molecular weight excluding hydrogens is 226 g/mol. The summed E-state index contributed by atoms with van der Waals surface area (Å²) in [5, 5.41) is 6.92. The van der Waals surface area contributed by atoms with E-state index in [0.29, 0.717) is 11.4 Å². The first-order valence-corrected chi connectivity index (χ1v) is 5.49. The van der Waals surface area contributed by atoms with Gasteiger partial charge in [-0.25, -0.2) is 0 Å². The van der Waals surface area contributed by atoms with E-state index in [1.54, 1.807) is 36.0 Å². The van der Waals surface area contributed by atoms with Crippen LogP contribution >= 0.6 is 0 Å². The van der Waals surface area contributed by atoms with Gasteiger partial charge in [0.25, 0.3) is 5.91 Å². The molecule has 0 radical (unpaired) electrons. The molecule has 4 nitrogen and oxygen atoms in total. The van der Waals surface area contributed by atoms with Crippen molar-refractivity contribution in [3.63, 3.8) is 0 Å². The molecule has 4 heteroatoms. The minimum absolute atomic E-state index is 0.202. The van der Waals surface area contributed by atoms with Crippen LogP contribution in [0.2, 0.25) is 0 Å². The number of anilines is 1. The van der Waals surface area contributed by atoms with E-state index in [9.17, 15) is 4.79 Å². The molecule has 0 bridgehead atoms. The maximum absolute atomic E-state index is 12.0. The van der Waals surface area contributed by atoms with Crippen molar-refractivity contribution in [2.75, 3.05) is 5.32 Å². The molecule has 18 heavy (non-hydrogen) atoms. The Morgan fingerprint density at radius 1 is 1.44 bits per heavy atom. The van der Waals surface area contributed by atoms with Gasteiger partial charge >= 0.3 is 0 Å². The van der Waals surface area contributed by atoms with Crippen molar-refractivity contribution in [3.8, 4) is 12.3 Å². The average Bonchev–Trinajstić information content (AvgIpc) is 2.69. The lowest BCUT2D eigenvalue weighted by molar-refractivity contribution is 0.101. The van der Waals surface area contributed by atoms with E-state index < -0.39 is 0 Å². The highest BCUT2D eigenvalue weighted by atomic mass is 16.2. The van der Waals surface area contributed by atoms with Crippen molar-refractivity contribution >= 4 is 11.6 Å². The maximum Gasteiger partial charge on any atom is 0.273 e. The Balaban J connectivity index is 2.21. The topological polar surface area (TPSA) is 46.9 Å². The Labute approximate surface area is 106 Å². The van der Waals surface area contributed by atoms with Gasteiger partial charge in [-0.2, -0.15) is 5.10 Å². The predicted octanol–water partition coefficient (Wildman–Crippen LogP) is 1.96. The van der Waals surface area contributed by atoms with Gasteiger partial charge in [-0.3, -0.25) is 9.48 Å². The van der Waals surface area contributed by atoms with Crippen molar-refractivity contribution in [1.82, 2.24) is 9.78 Å². The van der Waals surface area contributed by atoms with Crippen LogP contribution in [0.4, 0.5) is 5.69 Å². The average molecular weight is 239 g/mol. The van der Waals surface area contributed by atoms with Crippen LogP contribution in [0.5, 0.6) is 0 Å². The number of aryl methyl sites for hydroxylation is 2. The lowest BCUT2D eigenvalue weighted by atomic mass is 10.2. The Hall–Kier alpha value is -2.54. The van der Waals surface area contributed by atoms with Crippen LogP contribution in [0, 0.1) is 19.3 Å². The van der Waals surface area contributed by atoms with Crippen LogP contribution in [0.25, 0.3) is 0 Å². The lowest BCUT2D eigenvalue weighted by Gasteiger charge is -2.05. The monoisotopic (exact) mass is 239 g/mol. The highest BCUT2D eigenvalue weighted by Crippen LogP contribution is 2.12. The zero-order valence-corrected chi connectivity index (χ0v) is 10.3. The minimum Gasteiger partial charge on any atom is -0.321 e. The standard InChI is InChI=1S/C14H13N3O/c1-4-11-6-5-7-12(9-11)15-14(18)13-8-10(2)16-17(13)3/h1,5-9H,2-3H3,(H,15,18). The summed E-state index contributed by atoms with van der Waals surface area (Å²) in [5.41, 5.74) is 2.72. The fourth-order valence-corrected chi connectivity index (χ4v) is 1.70. The zero-order valence-electron chi connectivity index (χ0n) is 10.3. The molecule has 0 aliphatic rings. The summed E-state index contributed by atoms with van der Waals surface area (Å²) in [5.74, 6) is 2.33. The number of carbonyl (C=O) groups excluding carboxylic acids is 1. The van der Waals surface area contributed by atoms with Crippen LogP contribution in [-0.4, -0.2) is 15.7 Å². The fourth-order valence-electron chi connectivity index (χ4n) is 1.70. The molecule has 1 aromatic heterocycles. The molecule has 1 aromatic carbocycles. The number of terminal acetylenes is 1. The molecule has 90 valence electrons. The summed E-state index contributed by atoms with van der Waals surface area (Å²) in [6.07, 6.45) is 5.31. The lowest BCUT2D eigenvalue weighted by Crippen LogP contribution is -2.16. The van der Waals surface area contributed by atoms with Gasteiger partial charge in [0, 0.05) is 18.3 Å². The number of hydrogen-bond donors (Lipinski definition) is 1. The van der Waals surface area contributed by atoms with E-state index in [0.717, 1.165) is 11.3 Å². The van der Waals surface area contributed by atoms with Gasteiger partial charge in [0.15, 0.2) is 0 Å². The minimum atomic E-state index is -0.202. The third-order valence-corrected chi connectivity index (χ3v) is 2.52. The molecule has 1 heterocycles. The Morgan fingerprint density at radius 3 is 2.83 bits per heavy atom. The van der Waals surface area contributed by atoms with Crippen LogP contribution < -0.4 is 5.32 Å². The highest BCUT2D eigenvalue weighted by molar-refractivity contribution is 6.03. The maximum atomic E-state index is 12.0. The van der Waals surface area contributed by atoms with Crippen molar-refractivity contribution in [2.45, 2.75) is 6.92 Å². The second-order valence-electron chi connectivity index (χ2n) is 3.97. The van der Waals surface area contributed by atoms with Gasteiger partial charge in [0.1, 0.15) is 5.69 Å². The van der Waals surface area contributed by atoms with Gasteiger partial charge < -0.3 is 5.32 Å². The number of amides is 1. The highest BCUT2D eigenvalue weighted by Gasteiger charge is 2.11. The first-order chi connectivity index (χ1) is 8.60. The second kappa shape index (κ2) is 4.76. The smallest absolute Gasteiger partial charge is 0.273 e. The van der Waals surface area contributed by atoms with Crippen molar-refractivity contribution in [3.05, 3.63) is 47.3 Å². The first-order valence-electron chi connectivity index (χ1n) is 5.49. The summed E-state index contributed by atoms with van der Waals surface area (Å²) >= 11 is 0. The Morgan fingerprint density at radius 2 is 2.22 bits per heavy atom. The fraction of sp³-hybridized carbons (Fsp3) is 0.143. The van der Waals surface area contributed by atoms with E-state index in [-0.39, 0.29) is 5.91 Å². The summed E-state index contributed by atoms with van der Waals surface area (Å²) in [7, 11) is 1.74. The molecule has 0 unspecified atom stereocenters. The van der Waals surface area contributed by atoms with E-state index in [2.05, 4.69) is 16.3 Å². The van der Waals surface area contributed by atoms with E-state index in [4.69, 9.17) is 6.42 Å². The summed E-state index contributed by atoms with van der Waals surface area (Å²) in [4.78, 5) is 12.0. The molecule has 0 aliphatic carbocycles. The molecule has 1 N–H and O–H groups in total. The molecule has 0 aliphatic heterocycles. The van der Waals surface area contributed by atoms with Crippen LogP contribution in [0.15, 0.2) is 30.3 Å². The molecule has 2 rings (SSSR count). The number of hydrogen-bond acceptors (Lipinski definition) is 2. The van der Waals surface area contributed by atoms with Gasteiger partial charge in [-0.1, -0.05) is 12.0 Å². The first kappa shape index (κ1) is 11.9.